The highest BCUT2D eigenvalue weighted by Gasteiger charge is 2.23. The molecule has 0 aliphatic carbocycles. The van der Waals surface area contributed by atoms with Crippen molar-refractivity contribution in [2.75, 3.05) is 20.3 Å². The normalized spacial score (nSPS) is 12.1. The fourth-order valence-electron chi connectivity index (χ4n) is 1.44. The summed E-state index contributed by atoms with van der Waals surface area (Å²) in [6.07, 6.45) is -0.670. The van der Waals surface area contributed by atoms with Gasteiger partial charge >= 0.3 is 5.97 Å². The third kappa shape index (κ3) is 3.72. The first-order valence-electron chi connectivity index (χ1n) is 5.29. The van der Waals surface area contributed by atoms with Crippen LogP contribution in [0.5, 0.6) is 5.75 Å². The summed E-state index contributed by atoms with van der Waals surface area (Å²) in [5, 5.41) is 17.7. The summed E-state index contributed by atoms with van der Waals surface area (Å²) in [6.45, 7) is 0.157. The third-order valence-electron chi connectivity index (χ3n) is 2.23. The highest BCUT2D eigenvalue weighted by atomic mass is 16.5. The van der Waals surface area contributed by atoms with Gasteiger partial charge in [0.25, 0.3) is 0 Å². The van der Waals surface area contributed by atoms with Crippen LogP contribution in [0.3, 0.4) is 0 Å². The number of aliphatic hydroxyl groups excluding tert-OH is 1. The van der Waals surface area contributed by atoms with Gasteiger partial charge in [-0.05, 0) is 12.5 Å². The van der Waals surface area contributed by atoms with Crippen LogP contribution in [0.4, 0.5) is 0 Å². The predicted molar refractivity (Wildman–Crippen MR) is 61.0 cm³/mol. The molecule has 0 radical (unpaired) electrons. The molecule has 0 spiro atoms. The van der Waals surface area contributed by atoms with Gasteiger partial charge in [-0.3, -0.25) is 0 Å². The minimum Gasteiger partial charge on any atom is -0.496 e. The molecule has 0 aromatic heterocycles. The lowest BCUT2D eigenvalue weighted by Gasteiger charge is -2.16. The Labute approximate surface area is 99.6 Å². The molecule has 0 fully saturated rings. The third-order valence-corrected chi connectivity index (χ3v) is 2.23. The Kier molecular flexibility index (Phi) is 5.45. The van der Waals surface area contributed by atoms with Gasteiger partial charge in [0.2, 0.25) is 0 Å². The summed E-state index contributed by atoms with van der Waals surface area (Å²) in [5.74, 6) is -0.601. The molecular formula is C12H16O5. The number of hydrogen-bond acceptors (Lipinski definition) is 4. The number of ether oxygens (including phenoxy) is 2. The van der Waals surface area contributed by atoms with Crippen molar-refractivity contribution in [3.8, 4) is 5.75 Å². The molecule has 0 amide bonds. The van der Waals surface area contributed by atoms with E-state index in [0.717, 1.165) is 0 Å². The van der Waals surface area contributed by atoms with Gasteiger partial charge in [-0.2, -0.15) is 0 Å². The maximum atomic E-state index is 11.1. The lowest BCUT2D eigenvalue weighted by Crippen LogP contribution is -2.17. The zero-order valence-electron chi connectivity index (χ0n) is 9.63. The van der Waals surface area contributed by atoms with Gasteiger partial charge in [0, 0.05) is 12.2 Å². The first-order valence-corrected chi connectivity index (χ1v) is 5.29. The molecule has 17 heavy (non-hydrogen) atoms. The molecule has 1 rings (SSSR count). The van der Waals surface area contributed by atoms with Gasteiger partial charge < -0.3 is 19.7 Å². The summed E-state index contributed by atoms with van der Waals surface area (Å²) < 4.78 is 10.3. The molecular weight excluding hydrogens is 224 g/mol. The average molecular weight is 240 g/mol. The molecule has 94 valence electrons. The van der Waals surface area contributed by atoms with E-state index in [1.807, 2.05) is 0 Å². The number of carbonyl (C=O) groups is 1. The largest absolute Gasteiger partial charge is 0.496 e. The number of aliphatic hydroxyl groups is 1. The fourth-order valence-corrected chi connectivity index (χ4v) is 1.44. The zero-order chi connectivity index (χ0) is 12.7. The number of rotatable bonds is 7. The molecule has 5 heteroatoms. The van der Waals surface area contributed by atoms with Gasteiger partial charge in [-0.1, -0.05) is 18.2 Å². The number of methoxy groups -OCH3 is 1. The molecule has 5 nitrogen and oxygen atoms in total. The van der Waals surface area contributed by atoms with Gasteiger partial charge in [0.15, 0.2) is 6.10 Å². The van der Waals surface area contributed by atoms with Crippen LogP contribution in [0.15, 0.2) is 24.3 Å². The van der Waals surface area contributed by atoms with Crippen molar-refractivity contribution in [3.05, 3.63) is 29.8 Å². The topological polar surface area (TPSA) is 76.0 Å². The van der Waals surface area contributed by atoms with E-state index < -0.39 is 12.1 Å². The molecule has 0 aliphatic rings. The molecule has 1 atom stereocenters. The van der Waals surface area contributed by atoms with Crippen LogP contribution in [-0.4, -0.2) is 36.5 Å². The zero-order valence-corrected chi connectivity index (χ0v) is 9.63. The molecule has 0 bridgehead atoms. The molecule has 0 saturated carbocycles. The average Bonchev–Trinajstić information content (AvgIpc) is 2.34. The van der Waals surface area contributed by atoms with E-state index in [2.05, 4.69) is 0 Å². The van der Waals surface area contributed by atoms with Crippen LogP contribution < -0.4 is 4.74 Å². The van der Waals surface area contributed by atoms with Gasteiger partial charge in [0.05, 0.1) is 13.7 Å². The number of aliphatic carboxylic acids is 1. The minimum atomic E-state index is -1.08. The number of hydrogen-bond donors (Lipinski definition) is 2. The second kappa shape index (κ2) is 6.88. The van der Waals surface area contributed by atoms with E-state index in [0.29, 0.717) is 17.7 Å². The Balaban J connectivity index is 2.85. The van der Waals surface area contributed by atoms with Crippen molar-refractivity contribution in [3.63, 3.8) is 0 Å². The number of benzene rings is 1. The quantitative estimate of drug-likeness (QED) is 0.701. The Morgan fingerprint density at radius 3 is 2.71 bits per heavy atom. The van der Waals surface area contributed by atoms with E-state index >= 15 is 0 Å². The van der Waals surface area contributed by atoms with Crippen LogP contribution >= 0.6 is 0 Å². The van der Waals surface area contributed by atoms with Crippen LogP contribution in [0.2, 0.25) is 0 Å². The first kappa shape index (κ1) is 13.5. The van der Waals surface area contributed by atoms with E-state index in [-0.39, 0.29) is 13.2 Å². The monoisotopic (exact) mass is 240 g/mol. The lowest BCUT2D eigenvalue weighted by atomic mass is 10.1. The molecule has 1 aromatic carbocycles. The first-order chi connectivity index (χ1) is 8.20. The summed E-state index contributed by atoms with van der Waals surface area (Å²) in [6, 6.07) is 6.81. The smallest absolute Gasteiger partial charge is 0.337 e. The van der Waals surface area contributed by atoms with Crippen molar-refractivity contribution in [2.24, 2.45) is 0 Å². The maximum absolute atomic E-state index is 11.1. The molecule has 0 saturated heterocycles. The van der Waals surface area contributed by atoms with E-state index in [1.165, 1.54) is 7.11 Å². The van der Waals surface area contributed by atoms with Gasteiger partial charge in [-0.25, -0.2) is 4.79 Å². The molecule has 0 heterocycles. The number of carboxylic acids is 1. The highest BCUT2D eigenvalue weighted by Crippen LogP contribution is 2.27. The summed E-state index contributed by atoms with van der Waals surface area (Å²) in [5.41, 5.74) is 0.473. The minimum absolute atomic E-state index is 0.0295. The Morgan fingerprint density at radius 2 is 2.12 bits per heavy atom. The van der Waals surface area contributed by atoms with E-state index in [1.54, 1.807) is 24.3 Å². The van der Waals surface area contributed by atoms with Gasteiger partial charge in [0.1, 0.15) is 5.75 Å². The maximum Gasteiger partial charge on any atom is 0.337 e. The summed E-state index contributed by atoms with van der Waals surface area (Å²) in [4.78, 5) is 11.1. The van der Waals surface area contributed by atoms with E-state index in [4.69, 9.17) is 19.7 Å². The Bertz CT molecular complexity index is 364. The molecule has 0 aliphatic heterocycles. The van der Waals surface area contributed by atoms with Crippen molar-refractivity contribution < 1.29 is 24.5 Å². The summed E-state index contributed by atoms with van der Waals surface area (Å²) in [7, 11) is 1.48. The van der Waals surface area contributed by atoms with Crippen molar-refractivity contribution >= 4 is 5.97 Å². The standard InChI is InChI=1S/C12H16O5/c1-16-10-6-3-2-5-9(10)11(12(14)15)17-8-4-7-13/h2-3,5-6,11,13H,4,7-8H2,1H3,(H,14,15). The molecule has 1 aromatic rings. The van der Waals surface area contributed by atoms with Crippen molar-refractivity contribution in [1.82, 2.24) is 0 Å². The second-order valence-corrected chi connectivity index (χ2v) is 3.41. The van der Waals surface area contributed by atoms with Crippen LogP contribution in [0, 0.1) is 0 Å². The van der Waals surface area contributed by atoms with E-state index in [9.17, 15) is 4.79 Å². The summed E-state index contributed by atoms with van der Waals surface area (Å²) >= 11 is 0. The number of para-hydroxylation sites is 1. The van der Waals surface area contributed by atoms with Crippen molar-refractivity contribution in [2.45, 2.75) is 12.5 Å². The molecule has 2 N–H and O–H groups in total. The van der Waals surface area contributed by atoms with Crippen LogP contribution in [-0.2, 0) is 9.53 Å². The Hall–Kier alpha value is -1.59. The van der Waals surface area contributed by atoms with Crippen LogP contribution in [0.1, 0.15) is 18.1 Å². The predicted octanol–water partition coefficient (Wildman–Crippen LogP) is 1.22. The van der Waals surface area contributed by atoms with Crippen molar-refractivity contribution in [1.29, 1.82) is 0 Å². The fraction of sp³-hybridized carbons (Fsp3) is 0.417. The molecule has 1 unspecified atom stereocenters. The van der Waals surface area contributed by atoms with Crippen LogP contribution in [0.25, 0.3) is 0 Å². The number of carboxylic acid groups (broad SMARTS) is 1. The lowest BCUT2D eigenvalue weighted by molar-refractivity contribution is -0.151. The van der Waals surface area contributed by atoms with Gasteiger partial charge in [-0.15, -0.1) is 0 Å². The highest BCUT2D eigenvalue weighted by molar-refractivity contribution is 5.75. The Morgan fingerprint density at radius 1 is 1.41 bits per heavy atom. The second-order valence-electron chi connectivity index (χ2n) is 3.41. The SMILES string of the molecule is COc1ccccc1C(OCCCO)C(=O)O.